The summed E-state index contributed by atoms with van der Waals surface area (Å²) < 4.78 is 0. The summed E-state index contributed by atoms with van der Waals surface area (Å²) >= 11 is 0. The quantitative estimate of drug-likeness (QED) is 0.846. The Bertz CT molecular complexity index is 850. The number of carbonyl (C=O) groups excluding carboxylic acids is 2. The van der Waals surface area contributed by atoms with Crippen LogP contribution in [0.3, 0.4) is 0 Å². The molecule has 1 unspecified atom stereocenters. The smallest absolute Gasteiger partial charge is 0.324 e. The Morgan fingerprint density at radius 2 is 1.96 bits per heavy atom. The molecule has 1 aromatic carbocycles. The number of piperazine rings is 1. The van der Waals surface area contributed by atoms with E-state index in [0.717, 1.165) is 23.3 Å². The average molecular weight is 339 g/mol. The molecule has 130 valence electrons. The molecule has 0 aliphatic carbocycles. The predicted molar refractivity (Wildman–Crippen MR) is 95.4 cm³/mol. The average Bonchev–Trinajstić information content (AvgIpc) is 2.89. The third-order valence-electron chi connectivity index (χ3n) is 4.93. The molecular formula is C18H21N5O2. The Balaban J connectivity index is 1.61. The van der Waals surface area contributed by atoms with E-state index in [1.165, 1.54) is 5.39 Å². The Labute approximate surface area is 146 Å². The maximum Gasteiger partial charge on any atom is 0.324 e. The summed E-state index contributed by atoms with van der Waals surface area (Å²) in [7, 11) is 3.98. The summed E-state index contributed by atoms with van der Waals surface area (Å²) in [4.78, 5) is 34.1. The molecule has 25 heavy (non-hydrogen) atoms. The molecule has 3 heterocycles. The van der Waals surface area contributed by atoms with E-state index in [1.807, 2.05) is 37.3 Å². The lowest BCUT2D eigenvalue weighted by Gasteiger charge is -2.35. The number of imide groups is 1. The normalized spacial score (nSPS) is 20.7. The van der Waals surface area contributed by atoms with Crippen LogP contribution in [0, 0.1) is 0 Å². The molecule has 7 heteroatoms. The van der Waals surface area contributed by atoms with Crippen LogP contribution >= 0.6 is 0 Å². The van der Waals surface area contributed by atoms with Gasteiger partial charge in [0.25, 0.3) is 5.91 Å². The van der Waals surface area contributed by atoms with Gasteiger partial charge in [-0.1, -0.05) is 24.3 Å². The van der Waals surface area contributed by atoms with Gasteiger partial charge in [0.05, 0.1) is 0 Å². The van der Waals surface area contributed by atoms with Crippen LogP contribution in [0.1, 0.15) is 5.56 Å². The number of urea groups is 1. The molecular weight excluding hydrogens is 318 g/mol. The van der Waals surface area contributed by atoms with Crippen LogP contribution in [0.25, 0.3) is 10.8 Å². The molecule has 4 rings (SSSR count). The zero-order valence-electron chi connectivity index (χ0n) is 14.4. The number of aromatic nitrogens is 1. The third-order valence-corrected chi connectivity index (χ3v) is 4.93. The first-order chi connectivity index (χ1) is 12.0. The highest BCUT2D eigenvalue weighted by Gasteiger charge is 2.41. The number of anilines is 1. The number of fused-ring (bicyclic) bond motifs is 2. The zero-order chi connectivity index (χ0) is 17.6. The SMILES string of the molecule is CN(C)c1ncc(CN2CCN3C(=O)NC(=O)C3C2)c2ccccc12. The molecule has 3 amide bonds. The van der Waals surface area contributed by atoms with E-state index in [0.29, 0.717) is 19.6 Å². The van der Waals surface area contributed by atoms with Crippen LogP contribution in [-0.4, -0.2) is 66.5 Å². The first kappa shape index (κ1) is 15.8. The van der Waals surface area contributed by atoms with Gasteiger partial charge >= 0.3 is 6.03 Å². The monoisotopic (exact) mass is 339 g/mol. The second-order valence-electron chi connectivity index (χ2n) is 6.79. The van der Waals surface area contributed by atoms with E-state index < -0.39 is 0 Å². The minimum atomic E-state index is -0.374. The topological polar surface area (TPSA) is 68.8 Å². The summed E-state index contributed by atoms with van der Waals surface area (Å²) in [5, 5.41) is 4.70. The van der Waals surface area contributed by atoms with Crippen molar-refractivity contribution in [2.24, 2.45) is 0 Å². The summed E-state index contributed by atoms with van der Waals surface area (Å²) in [6, 6.07) is 7.61. The number of benzene rings is 1. The molecule has 0 saturated carbocycles. The number of nitrogens with one attached hydrogen (secondary N) is 1. The maximum absolute atomic E-state index is 11.9. The van der Waals surface area contributed by atoms with Crippen molar-refractivity contribution in [2.75, 3.05) is 38.6 Å². The van der Waals surface area contributed by atoms with E-state index in [-0.39, 0.29) is 18.0 Å². The summed E-state index contributed by atoms with van der Waals surface area (Å²) in [6.07, 6.45) is 1.92. The summed E-state index contributed by atoms with van der Waals surface area (Å²) in [6.45, 7) is 2.60. The second-order valence-corrected chi connectivity index (χ2v) is 6.79. The molecule has 0 bridgehead atoms. The number of hydrogen-bond acceptors (Lipinski definition) is 5. The summed E-state index contributed by atoms with van der Waals surface area (Å²) in [5.41, 5.74) is 1.14. The number of pyridine rings is 1. The molecule has 0 spiro atoms. The molecule has 7 nitrogen and oxygen atoms in total. The van der Waals surface area contributed by atoms with Crippen molar-refractivity contribution in [3.8, 4) is 0 Å². The Hall–Kier alpha value is -2.67. The van der Waals surface area contributed by atoms with Gasteiger partial charge in [-0.3, -0.25) is 15.0 Å². The fourth-order valence-electron chi connectivity index (χ4n) is 3.67. The van der Waals surface area contributed by atoms with Crippen molar-refractivity contribution in [1.82, 2.24) is 20.1 Å². The first-order valence-corrected chi connectivity index (χ1v) is 8.42. The van der Waals surface area contributed by atoms with E-state index in [2.05, 4.69) is 27.3 Å². The van der Waals surface area contributed by atoms with Gasteiger partial charge in [-0.05, 0) is 10.9 Å². The van der Waals surface area contributed by atoms with Crippen molar-refractivity contribution >= 4 is 28.5 Å². The Morgan fingerprint density at radius 1 is 1.20 bits per heavy atom. The number of amides is 3. The van der Waals surface area contributed by atoms with Crippen molar-refractivity contribution < 1.29 is 9.59 Å². The van der Waals surface area contributed by atoms with Crippen molar-refractivity contribution in [3.63, 3.8) is 0 Å². The molecule has 2 aliphatic heterocycles. The highest BCUT2D eigenvalue weighted by molar-refractivity contribution is 6.04. The second kappa shape index (κ2) is 6.00. The van der Waals surface area contributed by atoms with Crippen molar-refractivity contribution in [2.45, 2.75) is 12.6 Å². The van der Waals surface area contributed by atoms with Crippen LogP contribution in [0.4, 0.5) is 10.6 Å². The number of carbonyl (C=O) groups is 2. The first-order valence-electron chi connectivity index (χ1n) is 8.42. The van der Waals surface area contributed by atoms with E-state index in [9.17, 15) is 9.59 Å². The lowest BCUT2D eigenvalue weighted by Crippen LogP contribution is -2.52. The van der Waals surface area contributed by atoms with E-state index in [4.69, 9.17) is 0 Å². The fraction of sp³-hybridized carbons (Fsp3) is 0.389. The zero-order valence-corrected chi connectivity index (χ0v) is 14.4. The Morgan fingerprint density at radius 3 is 2.72 bits per heavy atom. The van der Waals surface area contributed by atoms with Gasteiger partial charge in [-0.25, -0.2) is 9.78 Å². The predicted octanol–water partition coefficient (Wildman–Crippen LogP) is 1.04. The number of hydrogen-bond donors (Lipinski definition) is 1. The van der Waals surface area contributed by atoms with Gasteiger partial charge in [0.15, 0.2) is 0 Å². The molecule has 0 radical (unpaired) electrons. The van der Waals surface area contributed by atoms with Crippen LogP contribution in [0.2, 0.25) is 0 Å². The highest BCUT2D eigenvalue weighted by atomic mass is 16.2. The molecule has 2 saturated heterocycles. The molecule has 2 aromatic rings. The van der Waals surface area contributed by atoms with Gasteiger partial charge in [0, 0.05) is 51.9 Å². The molecule has 1 aromatic heterocycles. The minimum absolute atomic E-state index is 0.194. The molecule has 2 aliphatic rings. The van der Waals surface area contributed by atoms with E-state index >= 15 is 0 Å². The minimum Gasteiger partial charge on any atom is -0.362 e. The van der Waals surface area contributed by atoms with Crippen LogP contribution in [0.5, 0.6) is 0 Å². The van der Waals surface area contributed by atoms with Crippen molar-refractivity contribution in [1.29, 1.82) is 0 Å². The van der Waals surface area contributed by atoms with Gasteiger partial charge in [0.2, 0.25) is 0 Å². The maximum atomic E-state index is 11.9. The standard InChI is InChI=1S/C18H21N5O2/c1-21(2)16-14-6-4-3-5-13(14)12(9-19-16)10-22-7-8-23-15(11-22)17(24)20-18(23)25/h3-6,9,15H,7-8,10-11H2,1-2H3,(H,20,24,25). The molecule has 1 atom stereocenters. The largest absolute Gasteiger partial charge is 0.362 e. The highest BCUT2D eigenvalue weighted by Crippen LogP contribution is 2.27. The lowest BCUT2D eigenvalue weighted by atomic mass is 10.1. The van der Waals surface area contributed by atoms with Crippen molar-refractivity contribution in [3.05, 3.63) is 36.0 Å². The molecule has 2 fully saturated rings. The van der Waals surface area contributed by atoms with Crippen LogP contribution in [-0.2, 0) is 11.3 Å². The fourth-order valence-corrected chi connectivity index (χ4v) is 3.67. The Kier molecular flexibility index (Phi) is 3.80. The number of rotatable bonds is 3. The van der Waals surface area contributed by atoms with Crippen LogP contribution < -0.4 is 10.2 Å². The van der Waals surface area contributed by atoms with Gasteiger partial charge in [0.1, 0.15) is 11.9 Å². The van der Waals surface area contributed by atoms with Gasteiger partial charge in [-0.15, -0.1) is 0 Å². The van der Waals surface area contributed by atoms with Gasteiger partial charge < -0.3 is 9.80 Å². The van der Waals surface area contributed by atoms with E-state index in [1.54, 1.807) is 4.90 Å². The summed E-state index contributed by atoms with van der Waals surface area (Å²) in [5.74, 6) is 0.755. The molecule has 1 N–H and O–H groups in total. The number of nitrogens with zero attached hydrogens (tertiary/aromatic N) is 4. The van der Waals surface area contributed by atoms with Crippen LogP contribution in [0.15, 0.2) is 30.5 Å². The lowest BCUT2D eigenvalue weighted by molar-refractivity contribution is -0.122. The third kappa shape index (κ3) is 2.70. The van der Waals surface area contributed by atoms with Gasteiger partial charge in [-0.2, -0.15) is 0 Å².